The summed E-state index contributed by atoms with van der Waals surface area (Å²) in [4.78, 5) is 0. The third-order valence-corrected chi connectivity index (χ3v) is 6.46. The van der Waals surface area contributed by atoms with Crippen molar-refractivity contribution >= 4 is 22.7 Å². The minimum absolute atomic E-state index is 0.460. The second-order valence-corrected chi connectivity index (χ2v) is 7.58. The predicted octanol–water partition coefficient (Wildman–Crippen LogP) is 2.80. The quantitative estimate of drug-likeness (QED) is 0.638. The van der Waals surface area contributed by atoms with E-state index in [9.17, 15) is 0 Å². The highest BCUT2D eigenvalue weighted by molar-refractivity contribution is 7.07. The van der Waals surface area contributed by atoms with Gasteiger partial charge in [0.05, 0.1) is 6.04 Å². The highest BCUT2D eigenvalue weighted by Crippen LogP contribution is 2.37. The van der Waals surface area contributed by atoms with Crippen molar-refractivity contribution in [3.05, 3.63) is 90.5 Å². The van der Waals surface area contributed by atoms with Gasteiger partial charge in [0, 0.05) is 14.1 Å². The lowest BCUT2D eigenvalue weighted by Crippen LogP contribution is -2.79. The molecule has 0 saturated heterocycles. The minimum atomic E-state index is -1.07. The molecule has 3 aromatic carbocycles. The molecule has 4 rings (SSSR count). The van der Waals surface area contributed by atoms with Crippen LogP contribution in [-0.4, -0.2) is 24.8 Å². The van der Waals surface area contributed by atoms with Crippen LogP contribution in [0.3, 0.4) is 0 Å². The number of fused-ring (bicyclic) bond motifs is 1. The Bertz CT molecular complexity index is 816. The van der Waals surface area contributed by atoms with Crippen molar-refractivity contribution in [2.75, 3.05) is 14.1 Å². The summed E-state index contributed by atoms with van der Waals surface area (Å²) < 4.78 is 0.952. The van der Waals surface area contributed by atoms with Gasteiger partial charge in [0.1, 0.15) is 0 Å². The molecule has 24 heavy (non-hydrogen) atoms. The molecule has 0 aromatic heterocycles. The lowest BCUT2D eigenvalue weighted by Gasteiger charge is -2.55. The maximum atomic E-state index is 2.39. The summed E-state index contributed by atoms with van der Waals surface area (Å²) in [5, 5.41) is 0. The van der Waals surface area contributed by atoms with Crippen LogP contribution in [0.4, 0.5) is 0 Å². The third kappa shape index (κ3) is 1.81. The topological polar surface area (TPSA) is 0 Å². The van der Waals surface area contributed by atoms with Crippen molar-refractivity contribution in [2.45, 2.75) is 13.0 Å². The molecule has 0 N–H and O–H groups in total. The van der Waals surface area contributed by atoms with Crippen molar-refractivity contribution in [2.24, 2.45) is 0 Å². The van der Waals surface area contributed by atoms with Gasteiger partial charge in [-0.2, -0.15) is 0 Å². The zero-order valence-corrected chi connectivity index (χ0v) is 14.7. The number of nitrogens with zero attached hydrogens (tertiary/aromatic N) is 1. The number of benzene rings is 3. The van der Waals surface area contributed by atoms with Crippen molar-refractivity contribution < 1.29 is 4.39 Å². The molecular formula is C22H24BN. The largest absolute Gasteiger partial charge is 0.503 e. The maximum Gasteiger partial charge on any atom is 0.291 e. The van der Waals surface area contributed by atoms with Crippen molar-refractivity contribution in [1.29, 1.82) is 0 Å². The van der Waals surface area contributed by atoms with Crippen LogP contribution in [0, 0.1) is 0 Å². The summed E-state index contributed by atoms with van der Waals surface area (Å²) in [6, 6.07) is 31.6. The number of hydrogen-bond acceptors (Lipinski definition) is 0. The molecule has 2 heteroatoms. The normalized spacial score (nSPS) is 20.5. The first-order valence-electron chi connectivity index (χ1n) is 8.79. The Hall–Kier alpha value is -2.32. The van der Waals surface area contributed by atoms with Gasteiger partial charge in [-0.05, 0) is 12.5 Å². The zero-order valence-electron chi connectivity index (χ0n) is 14.7. The number of quaternary nitrogens is 1. The molecule has 1 nitrogen and oxygen atoms in total. The van der Waals surface area contributed by atoms with E-state index in [1.165, 1.54) is 22.0 Å². The molecule has 0 spiro atoms. The molecule has 120 valence electrons. The molecule has 0 unspecified atom stereocenters. The van der Waals surface area contributed by atoms with Gasteiger partial charge in [-0.3, -0.25) is 0 Å². The first-order chi connectivity index (χ1) is 11.6. The Morgan fingerprint density at radius 1 is 0.667 bits per heavy atom. The first-order valence-corrected chi connectivity index (χ1v) is 8.79. The first kappa shape index (κ1) is 15.2. The lowest BCUT2D eigenvalue weighted by atomic mass is 9.23. The molecule has 0 amide bonds. The van der Waals surface area contributed by atoms with Gasteiger partial charge in [-0.1, -0.05) is 84.9 Å². The highest BCUT2D eigenvalue weighted by Gasteiger charge is 2.54. The Morgan fingerprint density at radius 3 is 1.67 bits per heavy atom. The fourth-order valence-electron chi connectivity index (χ4n) is 5.11. The van der Waals surface area contributed by atoms with Crippen LogP contribution < -0.4 is 16.4 Å². The van der Waals surface area contributed by atoms with E-state index >= 15 is 0 Å². The van der Waals surface area contributed by atoms with Crippen LogP contribution in [0.2, 0.25) is 0 Å². The fraction of sp³-hybridized carbons (Fsp3) is 0.182. The third-order valence-electron chi connectivity index (χ3n) is 6.46. The van der Waals surface area contributed by atoms with E-state index in [1.54, 1.807) is 0 Å². The van der Waals surface area contributed by atoms with Gasteiger partial charge in [-0.15, -0.1) is 16.4 Å². The molecule has 0 aliphatic carbocycles. The molecule has 1 aliphatic rings. The summed E-state index contributed by atoms with van der Waals surface area (Å²) in [5.41, 5.74) is 5.82. The Labute approximate surface area is 145 Å². The highest BCUT2D eigenvalue weighted by atomic mass is 15.3. The van der Waals surface area contributed by atoms with Gasteiger partial charge in [0.25, 0.3) is 6.28 Å². The van der Waals surface area contributed by atoms with E-state index in [0.29, 0.717) is 6.04 Å². The van der Waals surface area contributed by atoms with Gasteiger partial charge in [0.15, 0.2) is 0 Å². The minimum Gasteiger partial charge on any atom is -0.503 e. The summed E-state index contributed by atoms with van der Waals surface area (Å²) in [7, 11) is 4.79. The predicted molar refractivity (Wildman–Crippen MR) is 105 cm³/mol. The van der Waals surface area contributed by atoms with E-state index in [4.69, 9.17) is 0 Å². The lowest BCUT2D eigenvalue weighted by molar-refractivity contribution is -0.815. The average Bonchev–Trinajstić information content (AvgIpc) is 2.81. The summed E-state index contributed by atoms with van der Waals surface area (Å²) in [6.07, 6.45) is -1.07. The van der Waals surface area contributed by atoms with Gasteiger partial charge < -0.3 is 4.39 Å². The van der Waals surface area contributed by atoms with Crippen LogP contribution in [0.1, 0.15) is 18.5 Å². The van der Waals surface area contributed by atoms with Crippen molar-refractivity contribution in [1.82, 2.24) is 0 Å². The number of hydrogen-bond donors (Lipinski definition) is 0. The van der Waals surface area contributed by atoms with Crippen molar-refractivity contribution in [3.8, 4) is 0 Å². The molecular weight excluding hydrogens is 289 g/mol. The summed E-state index contributed by atoms with van der Waals surface area (Å²) in [5.74, 6) is 0. The van der Waals surface area contributed by atoms with E-state index < -0.39 is 6.28 Å². The molecule has 1 atom stereocenters. The number of rotatable bonds is 2. The average molecular weight is 313 g/mol. The Kier molecular flexibility index (Phi) is 3.40. The molecule has 0 radical (unpaired) electrons. The van der Waals surface area contributed by atoms with Crippen LogP contribution in [0.5, 0.6) is 0 Å². The molecule has 0 fully saturated rings. The molecule has 0 bridgehead atoms. The van der Waals surface area contributed by atoms with Crippen LogP contribution >= 0.6 is 0 Å². The molecule has 1 heterocycles. The molecule has 1 aliphatic heterocycles. The monoisotopic (exact) mass is 313 g/mol. The van der Waals surface area contributed by atoms with E-state index in [-0.39, 0.29) is 0 Å². The fourth-order valence-corrected chi connectivity index (χ4v) is 5.11. The zero-order chi connectivity index (χ0) is 16.8. The smallest absolute Gasteiger partial charge is 0.291 e. The molecule has 0 saturated carbocycles. The SMILES string of the molecule is C[C@H]1c2ccccc2[B-](c2ccccc2)(c2ccccc2)[N+]1(C)C. The Balaban J connectivity index is 2.15. The van der Waals surface area contributed by atoms with Crippen molar-refractivity contribution in [3.63, 3.8) is 0 Å². The second-order valence-electron chi connectivity index (χ2n) is 7.58. The Morgan fingerprint density at radius 2 is 1.12 bits per heavy atom. The van der Waals surface area contributed by atoms with E-state index in [2.05, 4.69) is 106 Å². The van der Waals surface area contributed by atoms with Gasteiger partial charge >= 0.3 is 0 Å². The van der Waals surface area contributed by atoms with E-state index in [0.717, 1.165) is 4.39 Å². The van der Waals surface area contributed by atoms with Crippen LogP contribution in [0.25, 0.3) is 0 Å². The van der Waals surface area contributed by atoms with Gasteiger partial charge in [0.2, 0.25) is 0 Å². The van der Waals surface area contributed by atoms with Crippen LogP contribution in [-0.2, 0) is 0 Å². The van der Waals surface area contributed by atoms with Crippen LogP contribution in [0.15, 0.2) is 84.9 Å². The second kappa shape index (κ2) is 5.36. The summed E-state index contributed by atoms with van der Waals surface area (Å²) >= 11 is 0. The van der Waals surface area contributed by atoms with Gasteiger partial charge in [-0.25, -0.2) is 0 Å². The molecule has 3 aromatic rings. The summed E-state index contributed by atoms with van der Waals surface area (Å²) in [6.45, 7) is 2.37. The standard InChI is InChI=1S/C22H24BN/c1-18-21-16-10-11-17-22(21)23(24(18,2)3,19-12-6-4-7-13-19)20-14-8-5-9-15-20/h4-18H,1-3H3/t18-/m0/s1. The van der Waals surface area contributed by atoms with E-state index in [1.807, 2.05) is 0 Å². The maximum absolute atomic E-state index is 2.39.